The van der Waals surface area contributed by atoms with E-state index in [1.54, 1.807) is 7.11 Å². The average molecular weight is 445 g/mol. The third-order valence-electron chi connectivity index (χ3n) is 19.3. The predicted molar refractivity (Wildman–Crippen MR) is 112 cm³/mol. The molecule has 30 heavy (non-hydrogen) atoms. The molecule has 4 heteroatoms. The van der Waals surface area contributed by atoms with Crippen LogP contribution in [0.3, 0.4) is 0 Å². The quantitative estimate of drug-likeness (QED) is 0.507. The molecule has 5 atom stereocenters. The SMILES string of the molecule is CCCN(C(=O)C[C]12[CH]3[CH]4[CH]5[CH]1[Fe]45321678[CH]2[CH]1[CH]6[CH]7[CH]28)C1CCc2cccc(OC)c2C1. The van der Waals surface area contributed by atoms with Crippen LogP contribution in [0.1, 0.15) is 37.3 Å². The van der Waals surface area contributed by atoms with Crippen LogP contribution in [0.15, 0.2) is 18.2 Å². The maximum absolute atomic E-state index is 14.0. The van der Waals surface area contributed by atoms with Crippen LogP contribution in [-0.4, -0.2) is 30.5 Å². The summed E-state index contributed by atoms with van der Waals surface area (Å²) in [5.41, 5.74) is 2.80. The molecule has 3 nitrogen and oxygen atoms in total. The molecule has 10 fully saturated rings. The van der Waals surface area contributed by atoms with Crippen molar-refractivity contribution in [2.24, 2.45) is 0 Å². The number of nitrogens with zero attached hydrogens (tertiary/aromatic N) is 1. The van der Waals surface area contributed by atoms with Gasteiger partial charge in [-0.15, -0.1) is 0 Å². The number of fused-ring (bicyclic) bond motifs is 11. The second-order valence-electron chi connectivity index (χ2n) is 15.1. The van der Waals surface area contributed by atoms with E-state index >= 15 is 0 Å². The fourth-order valence-corrected chi connectivity index (χ4v) is 95.2. The van der Waals surface area contributed by atoms with Crippen LogP contribution < -0.4 is 4.74 Å². The van der Waals surface area contributed by atoms with Gasteiger partial charge in [-0.1, -0.05) is 0 Å². The Hall–Kier alpha value is -0.991. The molecule has 10 aliphatic heterocycles. The molecule has 1 spiro atoms. The molecule has 11 aliphatic rings. The van der Waals surface area contributed by atoms with Crippen LogP contribution >= 0.6 is 0 Å². The van der Waals surface area contributed by atoms with E-state index in [-0.39, 0.29) is 0 Å². The monoisotopic (exact) mass is 445 g/mol. The molecule has 0 bridgehead atoms. The normalized spacial score (nSPS) is 77.0. The molecule has 1 amide bonds. The number of aryl methyl sites for hydroxylation is 1. The Morgan fingerprint density at radius 1 is 1.13 bits per heavy atom. The summed E-state index contributed by atoms with van der Waals surface area (Å²) in [5, 5.41) is 0. The number of carbonyl (C=O) groups excluding carboxylic acids is 1. The van der Waals surface area contributed by atoms with E-state index in [1.807, 2.05) is 0 Å². The van der Waals surface area contributed by atoms with Gasteiger partial charge < -0.3 is 0 Å². The Bertz CT molecular complexity index is 1440. The summed E-state index contributed by atoms with van der Waals surface area (Å²) >= 11 is 0. The Morgan fingerprint density at radius 2 is 1.83 bits per heavy atom. The maximum atomic E-state index is 14.0. The number of hydrogen-bond donors (Lipinski definition) is 0. The van der Waals surface area contributed by atoms with E-state index in [0.717, 1.165) is 48.7 Å². The van der Waals surface area contributed by atoms with E-state index in [4.69, 9.17) is 4.74 Å². The summed E-state index contributed by atoms with van der Waals surface area (Å²) in [6.07, 6.45) is 5.32. The molecule has 10 heterocycles. The van der Waals surface area contributed by atoms with Gasteiger partial charge in [-0.2, -0.15) is 0 Å². The van der Waals surface area contributed by atoms with Gasteiger partial charge in [0, 0.05) is 0 Å². The Labute approximate surface area is 168 Å². The number of rotatable bonds is 6. The number of benzene rings is 1. The van der Waals surface area contributed by atoms with Crippen molar-refractivity contribution in [1.29, 1.82) is 0 Å². The second kappa shape index (κ2) is 1.85. The van der Waals surface area contributed by atoms with Crippen molar-refractivity contribution < 1.29 is 16.0 Å². The summed E-state index contributed by atoms with van der Waals surface area (Å²) in [4.78, 5) is 28.2. The zero-order chi connectivity index (χ0) is 19.5. The van der Waals surface area contributed by atoms with Crippen LogP contribution in [-0.2, 0) is 24.1 Å². The van der Waals surface area contributed by atoms with Crippen molar-refractivity contribution in [3.05, 3.63) is 29.3 Å². The first kappa shape index (κ1) is 14.2. The van der Waals surface area contributed by atoms with Gasteiger partial charge in [0.2, 0.25) is 0 Å². The van der Waals surface area contributed by atoms with Crippen LogP contribution in [0, 0.1) is 0 Å². The first-order chi connectivity index (χ1) is 14.4. The fourth-order valence-electron chi connectivity index (χ4n) is 20.4. The van der Waals surface area contributed by atoms with Crippen molar-refractivity contribution in [2.75, 3.05) is 13.7 Å². The molecule has 0 saturated carbocycles. The molecule has 0 radical (unpaired) electrons. The van der Waals surface area contributed by atoms with Gasteiger partial charge in [-0.25, -0.2) is 0 Å². The summed E-state index contributed by atoms with van der Waals surface area (Å²) in [5.74, 6) is 1.60. The van der Waals surface area contributed by atoms with Crippen molar-refractivity contribution in [2.45, 2.75) is 92.7 Å². The molecule has 0 N–H and O–H groups in total. The van der Waals surface area contributed by atoms with E-state index in [9.17, 15) is 4.79 Å². The summed E-state index contributed by atoms with van der Waals surface area (Å²) in [6, 6.07) is 6.86. The van der Waals surface area contributed by atoms with Gasteiger partial charge in [0.1, 0.15) is 0 Å². The Balaban J connectivity index is 0.940. The summed E-state index contributed by atoms with van der Waals surface area (Å²) in [6.45, 7) is 0.0646. The van der Waals surface area contributed by atoms with Gasteiger partial charge in [-0.05, 0) is 0 Å². The van der Waals surface area contributed by atoms with Crippen LogP contribution in [0.25, 0.3) is 0 Å². The molecular formula is C26H31FeNO2. The Kier molecular flexibility index (Phi) is 0.878. The van der Waals surface area contributed by atoms with Crippen molar-refractivity contribution in [1.82, 2.24) is 4.90 Å². The van der Waals surface area contributed by atoms with Crippen LogP contribution in [0.5, 0.6) is 5.75 Å². The van der Waals surface area contributed by atoms with Gasteiger partial charge in [0.15, 0.2) is 0 Å². The zero-order valence-corrected chi connectivity index (χ0v) is 19.0. The number of amides is 1. The molecule has 160 valence electrons. The van der Waals surface area contributed by atoms with E-state index in [1.165, 1.54) is 54.5 Å². The molecule has 0 aromatic heterocycles. The summed E-state index contributed by atoms with van der Waals surface area (Å²) < 4.78 is 6.42. The fraction of sp³-hybridized carbons (Fsp3) is 0.731. The third kappa shape index (κ3) is 0.285. The molecule has 10 saturated heterocycles. The number of hydrogen-bond acceptors (Lipinski definition) is 2. The molecule has 1 aromatic rings. The molecule has 5 unspecified atom stereocenters. The van der Waals surface area contributed by atoms with Gasteiger partial charge in [0.25, 0.3) is 0 Å². The number of ether oxygens (including phenoxy) is 1. The van der Waals surface area contributed by atoms with Gasteiger partial charge in [-0.3, -0.25) is 0 Å². The van der Waals surface area contributed by atoms with E-state index in [2.05, 4.69) is 30.0 Å². The molecule has 12 rings (SSSR count). The second-order valence-corrected chi connectivity index (χ2v) is 38.8. The van der Waals surface area contributed by atoms with Crippen molar-refractivity contribution >= 4 is 5.91 Å². The molecular weight excluding hydrogens is 414 g/mol. The number of carbonyl (C=O) groups is 1. The van der Waals surface area contributed by atoms with Crippen LogP contribution in [0.2, 0.25) is 47.7 Å². The first-order valence-corrected chi connectivity index (χ1v) is 18.8. The number of methoxy groups -OCH3 is 1. The van der Waals surface area contributed by atoms with E-state index in [0.29, 0.717) is 11.9 Å². The van der Waals surface area contributed by atoms with Crippen molar-refractivity contribution in [3.63, 3.8) is 0 Å². The molecule has 1 aromatic carbocycles. The topological polar surface area (TPSA) is 29.5 Å². The first-order valence-electron chi connectivity index (χ1n) is 12.6. The van der Waals surface area contributed by atoms with E-state index < -0.39 is 6.51 Å². The summed E-state index contributed by atoms with van der Waals surface area (Å²) in [7, 11) is 1.79. The minimum atomic E-state index is -3.15. The van der Waals surface area contributed by atoms with Crippen LogP contribution in [0.4, 0.5) is 0 Å². The predicted octanol–water partition coefficient (Wildman–Crippen LogP) is 5.94. The van der Waals surface area contributed by atoms with Gasteiger partial charge in [0.05, 0.1) is 0 Å². The average Bonchev–Trinajstić information content (AvgIpc) is 3.71. The van der Waals surface area contributed by atoms with Crippen molar-refractivity contribution in [3.8, 4) is 5.75 Å². The zero-order valence-electron chi connectivity index (χ0n) is 17.9. The van der Waals surface area contributed by atoms with Gasteiger partial charge >= 0.3 is 168 Å². The minimum absolute atomic E-state index is 0.384. The molecule has 1 aliphatic carbocycles. The Morgan fingerprint density at radius 3 is 2.37 bits per heavy atom. The third-order valence-corrected chi connectivity index (χ3v) is 62.2. The standard InChI is InChI=1S/C21H26NO2.C5H5.Fe/c1-3-13-22(21(23)14-16-7-4-5-8-16)18-12-11-17-9-6-10-20(24-2)19(17)15-18;1-2-4-5-3-1;/h4-10,18H,3,11-15H2,1-2H3;1-5H;.